The number of esters is 1. The largest absolute Gasteiger partial charge is 0.491 e. The van der Waals surface area contributed by atoms with Crippen molar-refractivity contribution in [2.75, 3.05) is 13.7 Å². The molecule has 1 aromatic carbocycles. The van der Waals surface area contributed by atoms with Crippen LogP contribution < -0.4 is 10.1 Å². The third-order valence-electron chi connectivity index (χ3n) is 2.58. The van der Waals surface area contributed by atoms with E-state index in [4.69, 9.17) is 9.47 Å². The number of benzene rings is 1. The van der Waals surface area contributed by atoms with Crippen molar-refractivity contribution in [2.24, 2.45) is 0 Å². The molecule has 0 saturated carbocycles. The van der Waals surface area contributed by atoms with Crippen LogP contribution in [0, 0.1) is 12.7 Å². The third kappa shape index (κ3) is 4.87. The highest BCUT2D eigenvalue weighted by atomic mass is 19.1. The molecule has 19 heavy (non-hydrogen) atoms. The number of hydrogen-bond acceptors (Lipinski definition) is 4. The monoisotopic (exact) mass is 269 g/mol. The van der Waals surface area contributed by atoms with Gasteiger partial charge in [-0.25, -0.2) is 4.39 Å². The Balaban J connectivity index is 2.70. The smallest absolute Gasteiger partial charge is 0.326 e. The topological polar surface area (TPSA) is 47.6 Å². The first-order chi connectivity index (χ1) is 8.93. The van der Waals surface area contributed by atoms with E-state index in [1.807, 2.05) is 20.8 Å². The van der Waals surface area contributed by atoms with Crippen LogP contribution in [0.5, 0.6) is 5.75 Å². The Kier molecular flexibility index (Phi) is 5.76. The van der Waals surface area contributed by atoms with Crippen molar-refractivity contribution in [3.63, 3.8) is 0 Å². The van der Waals surface area contributed by atoms with Gasteiger partial charge in [0.2, 0.25) is 0 Å². The minimum absolute atomic E-state index is 0.0924. The highest BCUT2D eigenvalue weighted by Crippen LogP contribution is 2.18. The summed E-state index contributed by atoms with van der Waals surface area (Å²) in [6.45, 7) is 5.75. The van der Waals surface area contributed by atoms with Crippen molar-refractivity contribution in [3.8, 4) is 5.75 Å². The molecule has 0 radical (unpaired) electrons. The van der Waals surface area contributed by atoms with Gasteiger partial charge in [0.1, 0.15) is 24.2 Å². The Morgan fingerprint density at radius 3 is 2.68 bits per heavy atom. The molecule has 0 saturated heterocycles. The van der Waals surface area contributed by atoms with E-state index in [1.165, 1.54) is 19.2 Å². The van der Waals surface area contributed by atoms with Gasteiger partial charge in [-0.05, 0) is 18.6 Å². The van der Waals surface area contributed by atoms with Crippen LogP contribution in [0.1, 0.15) is 19.4 Å². The second-order valence-electron chi connectivity index (χ2n) is 4.62. The van der Waals surface area contributed by atoms with Crippen LogP contribution in [0.25, 0.3) is 0 Å². The van der Waals surface area contributed by atoms with Gasteiger partial charge in [0.05, 0.1) is 7.11 Å². The number of methoxy groups -OCH3 is 1. The number of carbonyl (C=O) groups is 1. The molecule has 0 amide bonds. The molecule has 106 valence electrons. The van der Waals surface area contributed by atoms with E-state index in [1.54, 1.807) is 6.07 Å². The van der Waals surface area contributed by atoms with Gasteiger partial charge in [-0.2, -0.15) is 0 Å². The van der Waals surface area contributed by atoms with Crippen LogP contribution in [0.3, 0.4) is 0 Å². The fraction of sp³-hybridized carbons (Fsp3) is 0.500. The molecule has 1 aromatic rings. The molecule has 0 aliphatic heterocycles. The van der Waals surface area contributed by atoms with Crippen molar-refractivity contribution in [1.29, 1.82) is 0 Å². The fourth-order valence-electron chi connectivity index (χ4n) is 1.63. The first-order valence-corrected chi connectivity index (χ1v) is 6.17. The second-order valence-corrected chi connectivity index (χ2v) is 4.62. The number of hydrogen-bond donors (Lipinski definition) is 1. The maximum absolute atomic E-state index is 13.1. The van der Waals surface area contributed by atoms with Gasteiger partial charge in [-0.15, -0.1) is 0 Å². The third-order valence-corrected chi connectivity index (χ3v) is 2.58. The molecule has 1 unspecified atom stereocenters. The van der Waals surface area contributed by atoms with Gasteiger partial charge < -0.3 is 9.47 Å². The Morgan fingerprint density at radius 1 is 1.42 bits per heavy atom. The zero-order chi connectivity index (χ0) is 14.4. The molecule has 1 N–H and O–H groups in total. The van der Waals surface area contributed by atoms with E-state index in [0.29, 0.717) is 5.75 Å². The Morgan fingerprint density at radius 2 is 2.11 bits per heavy atom. The maximum Gasteiger partial charge on any atom is 0.326 e. The number of ether oxygens (including phenoxy) is 2. The normalized spacial score (nSPS) is 12.3. The van der Waals surface area contributed by atoms with Crippen molar-refractivity contribution in [2.45, 2.75) is 32.9 Å². The summed E-state index contributed by atoms with van der Waals surface area (Å²) >= 11 is 0. The zero-order valence-corrected chi connectivity index (χ0v) is 11.7. The van der Waals surface area contributed by atoms with E-state index in [-0.39, 0.29) is 18.5 Å². The average Bonchev–Trinajstić information content (AvgIpc) is 2.36. The average molecular weight is 269 g/mol. The highest BCUT2D eigenvalue weighted by molar-refractivity contribution is 5.75. The Hall–Kier alpha value is -1.62. The van der Waals surface area contributed by atoms with E-state index < -0.39 is 12.0 Å². The van der Waals surface area contributed by atoms with Crippen LogP contribution >= 0.6 is 0 Å². The number of halogens is 1. The second kappa shape index (κ2) is 7.09. The summed E-state index contributed by atoms with van der Waals surface area (Å²) in [4.78, 5) is 11.6. The first-order valence-electron chi connectivity index (χ1n) is 6.17. The van der Waals surface area contributed by atoms with Crippen LogP contribution in [-0.4, -0.2) is 31.8 Å². The summed E-state index contributed by atoms with van der Waals surface area (Å²) in [7, 11) is 1.32. The lowest BCUT2D eigenvalue weighted by molar-refractivity contribution is -0.144. The number of aryl methyl sites for hydroxylation is 1. The molecule has 0 aliphatic rings. The molecule has 4 nitrogen and oxygen atoms in total. The standard InChI is InChI=1S/C14H20FNO3/c1-9(2)16-12(14(17)18-4)8-19-13-7-11(15)6-5-10(13)3/h5-7,9,12,16H,8H2,1-4H3. The Labute approximate surface area is 112 Å². The van der Waals surface area contributed by atoms with Crippen LogP contribution in [-0.2, 0) is 9.53 Å². The molecular weight excluding hydrogens is 249 g/mol. The summed E-state index contributed by atoms with van der Waals surface area (Å²) in [6.07, 6.45) is 0. The molecule has 0 fully saturated rings. The van der Waals surface area contributed by atoms with E-state index in [0.717, 1.165) is 5.56 Å². The number of carbonyl (C=O) groups excluding carboxylic acids is 1. The fourth-order valence-corrected chi connectivity index (χ4v) is 1.63. The quantitative estimate of drug-likeness (QED) is 0.803. The molecule has 0 aromatic heterocycles. The summed E-state index contributed by atoms with van der Waals surface area (Å²) < 4.78 is 23.3. The van der Waals surface area contributed by atoms with E-state index >= 15 is 0 Å². The minimum atomic E-state index is -0.576. The molecule has 1 rings (SSSR count). The lowest BCUT2D eigenvalue weighted by atomic mass is 10.2. The van der Waals surface area contributed by atoms with Gasteiger partial charge in [0.25, 0.3) is 0 Å². The van der Waals surface area contributed by atoms with Gasteiger partial charge in [-0.1, -0.05) is 19.9 Å². The van der Waals surface area contributed by atoms with Gasteiger partial charge >= 0.3 is 5.97 Å². The van der Waals surface area contributed by atoms with Crippen molar-refractivity contribution >= 4 is 5.97 Å². The predicted molar refractivity (Wildman–Crippen MR) is 70.7 cm³/mol. The van der Waals surface area contributed by atoms with E-state index in [2.05, 4.69) is 5.32 Å². The molecule has 0 bridgehead atoms. The predicted octanol–water partition coefficient (Wildman–Crippen LogP) is 2.05. The van der Waals surface area contributed by atoms with Gasteiger partial charge in [-0.3, -0.25) is 10.1 Å². The molecular formula is C14H20FNO3. The highest BCUT2D eigenvalue weighted by Gasteiger charge is 2.21. The number of rotatable bonds is 6. The molecule has 0 heterocycles. The molecule has 0 spiro atoms. The Bertz CT molecular complexity index is 435. The molecule has 1 atom stereocenters. The molecule has 5 heteroatoms. The van der Waals surface area contributed by atoms with Crippen LogP contribution in [0.2, 0.25) is 0 Å². The number of nitrogens with one attached hydrogen (secondary N) is 1. The van der Waals surface area contributed by atoms with Crippen molar-refractivity contribution in [3.05, 3.63) is 29.6 Å². The summed E-state index contributed by atoms with van der Waals surface area (Å²) in [5, 5.41) is 3.04. The lowest BCUT2D eigenvalue weighted by Crippen LogP contribution is -2.45. The van der Waals surface area contributed by atoms with E-state index in [9.17, 15) is 9.18 Å². The molecule has 0 aliphatic carbocycles. The van der Waals surface area contributed by atoms with Gasteiger partial charge in [0.15, 0.2) is 0 Å². The summed E-state index contributed by atoms with van der Waals surface area (Å²) in [5.74, 6) is -0.339. The van der Waals surface area contributed by atoms with Crippen LogP contribution in [0.4, 0.5) is 4.39 Å². The lowest BCUT2D eigenvalue weighted by Gasteiger charge is -2.20. The minimum Gasteiger partial charge on any atom is -0.491 e. The van der Waals surface area contributed by atoms with Crippen molar-refractivity contribution < 1.29 is 18.7 Å². The van der Waals surface area contributed by atoms with Crippen molar-refractivity contribution in [1.82, 2.24) is 5.32 Å². The zero-order valence-electron chi connectivity index (χ0n) is 11.7. The first kappa shape index (κ1) is 15.4. The summed E-state index contributed by atoms with van der Waals surface area (Å²) in [6, 6.07) is 3.84. The maximum atomic E-state index is 13.1. The SMILES string of the molecule is COC(=O)C(COc1cc(F)ccc1C)NC(C)C. The summed E-state index contributed by atoms with van der Waals surface area (Å²) in [5.41, 5.74) is 0.814. The van der Waals surface area contributed by atoms with Gasteiger partial charge in [0, 0.05) is 12.1 Å². The van der Waals surface area contributed by atoms with Crippen LogP contribution in [0.15, 0.2) is 18.2 Å².